The summed E-state index contributed by atoms with van der Waals surface area (Å²) in [5, 5.41) is 32.0. The highest BCUT2D eigenvalue weighted by Crippen LogP contribution is 2.89. The van der Waals surface area contributed by atoms with Crippen LogP contribution in [0.4, 0.5) is 0 Å². The fourth-order valence-electron chi connectivity index (χ4n) is 13.9. The van der Waals surface area contributed by atoms with E-state index in [4.69, 9.17) is 14.2 Å². The Bertz CT molecular complexity index is 1150. The van der Waals surface area contributed by atoms with Crippen molar-refractivity contribution in [2.24, 2.45) is 50.7 Å². The van der Waals surface area contributed by atoms with Crippen LogP contribution in [0.3, 0.4) is 0 Å². The zero-order chi connectivity index (χ0) is 32.6. The number of hydrogen-bond donors (Lipinski definition) is 3. The molecule has 258 valence electrons. The predicted octanol–water partition coefficient (Wildman–Crippen LogP) is 5.78. The van der Waals surface area contributed by atoms with Gasteiger partial charge < -0.3 is 29.5 Å². The first-order valence-corrected chi connectivity index (χ1v) is 18.6. The van der Waals surface area contributed by atoms with Gasteiger partial charge in [0, 0.05) is 19.6 Å². The molecule has 0 radical (unpaired) electrons. The molecule has 2 spiro atoms. The number of ether oxygens (including phenoxy) is 3. The first-order chi connectivity index (χ1) is 20.8. The van der Waals surface area contributed by atoms with E-state index in [1.165, 1.54) is 38.5 Å². The molecule has 0 amide bonds. The summed E-state index contributed by atoms with van der Waals surface area (Å²) in [6, 6.07) is 0. The molecule has 45 heavy (non-hydrogen) atoms. The standard InChI is InChI=1S/C38H65NO6/c1-23-18-24(31(40)34(6,7)42)44-25-19-36(9)27-11-10-26-33(4,5)28(45-29-20-39(16-17-43-29)22-32(2,3)41)12-13-37(26)21-38(27,37)15-14-35(36,8)30(23)25/h23-31,40-42H,10-22H2,1-9H3/t23-,24?,25?,26?,27+,28+,29?,30?,31+,35-,36+,37-,38+/m1/s1. The molecule has 2 aliphatic heterocycles. The number of aliphatic hydroxyl groups excluding tert-OH is 1. The largest absolute Gasteiger partial charge is 0.389 e. The van der Waals surface area contributed by atoms with E-state index < -0.39 is 17.3 Å². The topological polar surface area (TPSA) is 91.6 Å². The van der Waals surface area contributed by atoms with Crippen LogP contribution in [-0.2, 0) is 14.2 Å². The minimum Gasteiger partial charge on any atom is -0.389 e. The lowest BCUT2D eigenvalue weighted by Crippen LogP contribution is -2.59. The van der Waals surface area contributed by atoms with E-state index in [9.17, 15) is 15.3 Å². The second-order valence-corrected chi connectivity index (χ2v) is 19.6. The highest BCUT2D eigenvalue weighted by molar-refractivity contribution is 5.31. The van der Waals surface area contributed by atoms with E-state index >= 15 is 0 Å². The summed E-state index contributed by atoms with van der Waals surface area (Å²) in [5.74, 6) is 2.40. The molecule has 2 heterocycles. The molecule has 7 aliphatic rings. The zero-order valence-electron chi connectivity index (χ0n) is 29.9. The van der Waals surface area contributed by atoms with Gasteiger partial charge >= 0.3 is 0 Å². The summed E-state index contributed by atoms with van der Waals surface area (Å²) in [5.41, 5.74) is -0.424. The van der Waals surface area contributed by atoms with Crippen molar-refractivity contribution in [2.75, 3.05) is 26.2 Å². The maximum Gasteiger partial charge on any atom is 0.170 e. The van der Waals surface area contributed by atoms with E-state index in [1.807, 2.05) is 13.8 Å². The molecule has 5 unspecified atom stereocenters. The van der Waals surface area contributed by atoms with Gasteiger partial charge in [0.25, 0.3) is 0 Å². The number of β-amino-alcohol motifs (C(OH)–C–C–N with tert-alkyl or cyclic N) is 1. The highest BCUT2D eigenvalue weighted by Gasteiger charge is 2.83. The fraction of sp³-hybridized carbons (Fsp3) is 1.00. The quantitative estimate of drug-likeness (QED) is 0.343. The third kappa shape index (κ3) is 4.81. The van der Waals surface area contributed by atoms with Crippen molar-refractivity contribution in [3.05, 3.63) is 0 Å². The summed E-state index contributed by atoms with van der Waals surface area (Å²) < 4.78 is 19.8. The molecule has 7 rings (SSSR count). The Morgan fingerprint density at radius 1 is 0.933 bits per heavy atom. The van der Waals surface area contributed by atoms with Crippen LogP contribution in [0.1, 0.15) is 120 Å². The normalized spacial score (nSPS) is 51.7. The fourth-order valence-corrected chi connectivity index (χ4v) is 13.9. The van der Waals surface area contributed by atoms with Gasteiger partial charge in [0.15, 0.2) is 6.29 Å². The van der Waals surface area contributed by atoms with Crippen LogP contribution in [0, 0.1) is 50.7 Å². The lowest BCUT2D eigenvalue weighted by molar-refractivity contribution is -0.249. The molecule has 2 saturated heterocycles. The second-order valence-electron chi connectivity index (χ2n) is 19.6. The van der Waals surface area contributed by atoms with Crippen molar-refractivity contribution in [3.63, 3.8) is 0 Å². The van der Waals surface area contributed by atoms with Gasteiger partial charge in [-0.1, -0.05) is 34.6 Å². The number of nitrogens with zero attached hydrogens (tertiary/aromatic N) is 1. The molecule has 7 heteroatoms. The average molecular weight is 632 g/mol. The van der Waals surface area contributed by atoms with Gasteiger partial charge in [0.1, 0.15) is 6.10 Å². The van der Waals surface area contributed by atoms with E-state index in [0.29, 0.717) is 41.7 Å². The van der Waals surface area contributed by atoms with Gasteiger partial charge in [-0.25, -0.2) is 0 Å². The number of aliphatic hydroxyl groups is 3. The van der Waals surface area contributed by atoms with E-state index in [1.54, 1.807) is 13.8 Å². The monoisotopic (exact) mass is 631 g/mol. The Hall–Kier alpha value is -0.280. The third-order valence-electron chi connectivity index (χ3n) is 15.8. The second kappa shape index (κ2) is 10.4. The van der Waals surface area contributed by atoms with Crippen molar-refractivity contribution < 1.29 is 29.5 Å². The van der Waals surface area contributed by atoms with Crippen LogP contribution in [0.2, 0.25) is 0 Å². The first kappa shape index (κ1) is 33.2. The van der Waals surface area contributed by atoms with Crippen LogP contribution in [0.15, 0.2) is 0 Å². The Balaban J connectivity index is 1.08. The van der Waals surface area contributed by atoms with Crippen molar-refractivity contribution >= 4 is 0 Å². The van der Waals surface area contributed by atoms with Crippen molar-refractivity contribution in [1.82, 2.24) is 4.90 Å². The highest BCUT2D eigenvalue weighted by atomic mass is 16.7. The Kier molecular flexibility index (Phi) is 7.66. The summed E-state index contributed by atoms with van der Waals surface area (Å²) in [6.07, 6.45) is 9.91. The Labute approximate surface area is 273 Å². The summed E-state index contributed by atoms with van der Waals surface area (Å²) in [4.78, 5) is 2.30. The maximum atomic E-state index is 11.0. The van der Waals surface area contributed by atoms with Gasteiger partial charge in [-0.15, -0.1) is 0 Å². The molecular weight excluding hydrogens is 566 g/mol. The van der Waals surface area contributed by atoms with Crippen LogP contribution in [-0.4, -0.2) is 88.4 Å². The van der Waals surface area contributed by atoms with Gasteiger partial charge in [-0.05, 0) is 136 Å². The number of hydrogen-bond acceptors (Lipinski definition) is 7. The van der Waals surface area contributed by atoms with Gasteiger partial charge in [0.2, 0.25) is 0 Å². The van der Waals surface area contributed by atoms with Crippen LogP contribution in [0.25, 0.3) is 0 Å². The minimum absolute atomic E-state index is 0.0952. The third-order valence-corrected chi connectivity index (χ3v) is 15.8. The van der Waals surface area contributed by atoms with E-state index in [2.05, 4.69) is 39.5 Å². The van der Waals surface area contributed by atoms with E-state index in [0.717, 1.165) is 38.3 Å². The van der Waals surface area contributed by atoms with Crippen LogP contribution in [0.5, 0.6) is 0 Å². The first-order valence-electron chi connectivity index (χ1n) is 18.6. The molecule has 0 aromatic carbocycles. The summed E-state index contributed by atoms with van der Waals surface area (Å²) in [6.45, 7) is 22.7. The molecule has 13 atom stereocenters. The lowest BCUT2D eigenvalue weighted by Gasteiger charge is -2.63. The SMILES string of the molecule is C[C@@H]1CC([C@H](O)C(C)(C)O)OC2C[C@@]3(C)[C@@H]4CCC5C(C)(C)[C@@H](OC6CN(CC(C)(C)O)CCO6)CC[C@@]56C[C@@]46CC[C@]3(C)C21. The van der Waals surface area contributed by atoms with Crippen molar-refractivity contribution in [2.45, 2.75) is 162 Å². The summed E-state index contributed by atoms with van der Waals surface area (Å²) in [7, 11) is 0. The molecule has 5 aliphatic carbocycles. The van der Waals surface area contributed by atoms with Crippen LogP contribution >= 0.6 is 0 Å². The Morgan fingerprint density at radius 2 is 1.62 bits per heavy atom. The molecular formula is C38H65NO6. The maximum absolute atomic E-state index is 11.0. The summed E-state index contributed by atoms with van der Waals surface area (Å²) >= 11 is 0. The predicted molar refractivity (Wildman–Crippen MR) is 174 cm³/mol. The number of morpholine rings is 1. The van der Waals surface area contributed by atoms with Gasteiger partial charge in [-0.3, -0.25) is 4.90 Å². The smallest absolute Gasteiger partial charge is 0.170 e. The minimum atomic E-state index is -1.16. The molecule has 3 N–H and O–H groups in total. The van der Waals surface area contributed by atoms with Gasteiger partial charge in [-0.2, -0.15) is 0 Å². The molecule has 7 nitrogen and oxygen atoms in total. The molecule has 7 fully saturated rings. The molecule has 0 aromatic heterocycles. The molecule has 5 saturated carbocycles. The number of fused-ring (bicyclic) bond motifs is 4. The van der Waals surface area contributed by atoms with Gasteiger partial charge in [0.05, 0.1) is 36.1 Å². The van der Waals surface area contributed by atoms with Crippen LogP contribution < -0.4 is 0 Å². The van der Waals surface area contributed by atoms with E-state index in [-0.39, 0.29) is 40.8 Å². The lowest BCUT2D eigenvalue weighted by atomic mass is 9.41. The number of rotatable bonds is 6. The average Bonchev–Trinajstić information content (AvgIpc) is 3.51. The molecule has 0 aromatic rings. The van der Waals surface area contributed by atoms with Crippen molar-refractivity contribution in [3.8, 4) is 0 Å². The Morgan fingerprint density at radius 3 is 2.31 bits per heavy atom. The molecule has 0 bridgehead atoms. The van der Waals surface area contributed by atoms with Crippen molar-refractivity contribution in [1.29, 1.82) is 0 Å². The zero-order valence-corrected chi connectivity index (χ0v) is 29.9.